The van der Waals surface area contributed by atoms with Gasteiger partial charge in [0, 0.05) is 12.7 Å². The lowest BCUT2D eigenvalue weighted by atomic mass is 9.67. The summed E-state index contributed by atoms with van der Waals surface area (Å²) in [6.45, 7) is 2.97. The molecule has 1 aliphatic carbocycles. The summed E-state index contributed by atoms with van der Waals surface area (Å²) >= 11 is 0. The first-order valence-electron chi connectivity index (χ1n) is 5.20. The molecule has 1 aromatic heterocycles. The Morgan fingerprint density at radius 3 is 2.86 bits per heavy atom. The molecule has 1 fully saturated rings. The molecule has 1 saturated carbocycles. The molecule has 3 heteroatoms. The highest BCUT2D eigenvalue weighted by atomic mass is 15.3. The molecule has 0 unspecified atom stereocenters. The molecule has 0 bridgehead atoms. The van der Waals surface area contributed by atoms with Gasteiger partial charge in [-0.1, -0.05) is 6.42 Å². The lowest BCUT2D eigenvalue weighted by molar-refractivity contribution is 0.214. The molecule has 0 saturated heterocycles. The van der Waals surface area contributed by atoms with Gasteiger partial charge in [-0.2, -0.15) is 10.4 Å². The first-order chi connectivity index (χ1) is 6.78. The smallest absolute Gasteiger partial charge is 0.0693 e. The van der Waals surface area contributed by atoms with Crippen LogP contribution in [-0.4, -0.2) is 9.78 Å². The van der Waals surface area contributed by atoms with Crippen LogP contribution in [0, 0.1) is 16.7 Å². The molecule has 0 amide bonds. The van der Waals surface area contributed by atoms with Crippen molar-refractivity contribution in [3.05, 3.63) is 18.0 Å². The lowest BCUT2D eigenvalue weighted by Gasteiger charge is -2.34. The van der Waals surface area contributed by atoms with Crippen LogP contribution in [0.25, 0.3) is 0 Å². The van der Waals surface area contributed by atoms with Crippen molar-refractivity contribution < 1.29 is 0 Å². The summed E-state index contributed by atoms with van der Waals surface area (Å²) < 4.78 is 1.92. The lowest BCUT2D eigenvalue weighted by Crippen LogP contribution is -2.29. The standard InChI is InChI=1S/C11H15N3/c1-2-14-8-10(7-13-14)6-11(9-12)4-3-5-11/h7-8H,2-6H2,1H3. The average Bonchev–Trinajstić information content (AvgIpc) is 2.59. The fraction of sp³-hybridized carbons (Fsp3) is 0.636. The van der Waals surface area contributed by atoms with E-state index in [9.17, 15) is 0 Å². The van der Waals surface area contributed by atoms with Gasteiger partial charge in [-0.25, -0.2) is 0 Å². The fourth-order valence-corrected chi connectivity index (χ4v) is 1.99. The molecule has 2 rings (SSSR count). The van der Waals surface area contributed by atoms with Crippen LogP contribution in [0.3, 0.4) is 0 Å². The van der Waals surface area contributed by atoms with Crippen molar-refractivity contribution in [2.45, 2.75) is 39.2 Å². The molecule has 0 N–H and O–H groups in total. The molecule has 0 spiro atoms. The Bertz CT molecular complexity index is 355. The van der Waals surface area contributed by atoms with Gasteiger partial charge in [0.2, 0.25) is 0 Å². The summed E-state index contributed by atoms with van der Waals surface area (Å²) in [5.74, 6) is 0. The van der Waals surface area contributed by atoms with Gasteiger partial charge >= 0.3 is 0 Å². The van der Waals surface area contributed by atoms with Gasteiger partial charge < -0.3 is 0 Å². The van der Waals surface area contributed by atoms with Gasteiger partial charge in [0.1, 0.15) is 0 Å². The zero-order chi connectivity index (χ0) is 10.0. The zero-order valence-corrected chi connectivity index (χ0v) is 8.53. The third-order valence-corrected chi connectivity index (χ3v) is 3.10. The van der Waals surface area contributed by atoms with Crippen molar-refractivity contribution >= 4 is 0 Å². The predicted molar refractivity (Wildman–Crippen MR) is 53.5 cm³/mol. The molecular weight excluding hydrogens is 174 g/mol. The second-order valence-corrected chi connectivity index (χ2v) is 4.13. The molecule has 0 radical (unpaired) electrons. The minimum absolute atomic E-state index is 0.0679. The Labute approximate surface area is 84.3 Å². The summed E-state index contributed by atoms with van der Waals surface area (Å²) in [7, 11) is 0. The number of hydrogen-bond donors (Lipinski definition) is 0. The predicted octanol–water partition coefficient (Wildman–Crippen LogP) is 2.14. The third kappa shape index (κ3) is 1.52. The Hall–Kier alpha value is -1.30. The second-order valence-electron chi connectivity index (χ2n) is 4.13. The molecule has 1 aromatic rings. The number of hydrogen-bond acceptors (Lipinski definition) is 2. The normalized spacial score (nSPS) is 18.6. The van der Waals surface area contributed by atoms with E-state index < -0.39 is 0 Å². The van der Waals surface area contributed by atoms with Crippen molar-refractivity contribution in [2.24, 2.45) is 5.41 Å². The van der Waals surface area contributed by atoms with E-state index in [1.807, 2.05) is 10.9 Å². The average molecular weight is 189 g/mol. The van der Waals surface area contributed by atoms with Crippen LogP contribution in [0.4, 0.5) is 0 Å². The number of aryl methyl sites for hydroxylation is 1. The van der Waals surface area contributed by atoms with E-state index in [0.29, 0.717) is 0 Å². The molecular formula is C11H15N3. The Morgan fingerprint density at radius 2 is 2.43 bits per heavy atom. The molecule has 74 valence electrons. The van der Waals surface area contributed by atoms with Crippen LogP contribution in [0.5, 0.6) is 0 Å². The SMILES string of the molecule is CCn1cc(CC2(C#N)CCC2)cn1. The molecule has 0 aromatic carbocycles. The molecule has 0 atom stereocenters. The van der Waals surface area contributed by atoms with Gasteiger partial charge in [-0.3, -0.25) is 4.68 Å². The van der Waals surface area contributed by atoms with Gasteiger partial charge in [-0.05, 0) is 31.7 Å². The van der Waals surface area contributed by atoms with Crippen LogP contribution in [0.1, 0.15) is 31.7 Å². The van der Waals surface area contributed by atoms with Crippen LogP contribution in [0.2, 0.25) is 0 Å². The quantitative estimate of drug-likeness (QED) is 0.731. The van der Waals surface area contributed by atoms with Gasteiger partial charge in [0.25, 0.3) is 0 Å². The van der Waals surface area contributed by atoms with E-state index in [1.54, 1.807) is 0 Å². The van der Waals surface area contributed by atoms with Crippen LogP contribution in [0.15, 0.2) is 12.4 Å². The summed E-state index contributed by atoms with van der Waals surface area (Å²) in [6, 6.07) is 2.45. The second kappa shape index (κ2) is 3.45. The van der Waals surface area contributed by atoms with E-state index >= 15 is 0 Å². The van der Waals surface area contributed by atoms with Crippen molar-refractivity contribution in [3.63, 3.8) is 0 Å². The summed E-state index contributed by atoms with van der Waals surface area (Å²) in [5.41, 5.74) is 1.13. The highest BCUT2D eigenvalue weighted by molar-refractivity contribution is 5.15. The molecule has 14 heavy (non-hydrogen) atoms. The van der Waals surface area contributed by atoms with Crippen molar-refractivity contribution in [1.29, 1.82) is 5.26 Å². The maximum absolute atomic E-state index is 9.08. The van der Waals surface area contributed by atoms with E-state index in [1.165, 1.54) is 12.0 Å². The van der Waals surface area contributed by atoms with Crippen molar-refractivity contribution in [2.75, 3.05) is 0 Å². The van der Waals surface area contributed by atoms with E-state index in [-0.39, 0.29) is 5.41 Å². The molecule has 1 aliphatic rings. The van der Waals surface area contributed by atoms with Crippen LogP contribution < -0.4 is 0 Å². The molecule has 0 aliphatic heterocycles. The van der Waals surface area contributed by atoms with E-state index in [4.69, 9.17) is 5.26 Å². The minimum atomic E-state index is -0.0679. The Balaban J connectivity index is 2.07. The third-order valence-electron chi connectivity index (χ3n) is 3.10. The summed E-state index contributed by atoms with van der Waals surface area (Å²) in [6.07, 6.45) is 8.14. The number of nitriles is 1. The zero-order valence-electron chi connectivity index (χ0n) is 8.53. The molecule has 1 heterocycles. The topological polar surface area (TPSA) is 41.6 Å². The monoisotopic (exact) mass is 189 g/mol. The van der Waals surface area contributed by atoms with Crippen LogP contribution in [-0.2, 0) is 13.0 Å². The van der Waals surface area contributed by atoms with E-state index in [0.717, 1.165) is 25.8 Å². The minimum Gasteiger partial charge on any atom is -0.273 e. The maximum atomic E-state index is 9.08. The number of nitrogens with zero attached hydrogens (tertiary/aromatic N) is 3. The first kappa shape index (κ1) is 9.26. The molecule has 3 nitrogen and oxygen atoms in total. The largest absolute Gasteiger partial charge is 0.273 e. The highest BCUT2D eigenvalue weighted by Crippen LogP contribution is 2.42. The number of aromatic nitrogens is 2. The Morgan fingerprint density at radius 1 is 1.64 bits per heavy atom. The summed E-state index contributed by atoms with van der Waals surface area (Å²) in [4.78, 5) is 0. The summed E-state index contributed by atoms with van der Waals surface area (Å²) in [5, 5.41) is 13.3. The Kier molecular flexibility index (Phi) is 2.28. The van der Waals surface area contributed by atoms with Gasteiger partial charge in [0.15, 0.2) is 0 Å². The fourth-order valence-electron chi connectivity index (χ4n) is 1.99. The van der Waals surface area contributed by atoms with Crippen molar-refractivity contribution in [1.82, 2.24) is 9.78 Å². The van der Waals surface area contributed by atoms with Gasteiger partial charge in [0.05, 0.1) is 17.7 Å². The van der Waals surface area contributed by atoms with E-state index in [2.05, 4.69) is 24.3 Å². The van der Waals surface area contributed by atoms with Crippen molar-refractivity contribution in [3.8, 4) is 6.07 Å². The van der Waals surface area contributed by atoms with Crippen LogP contribution >= 0.6 is 0 Å². The maximum Gasteiger partial charge on any atom is 0.0693 e. The number of rotatable bonds is 3. The highest BCUT2D eigenvalue weighted by Gasteiger charge is 2.37. The van der Waals surface area contributed by atoms with Gasteiger partial charge in [-0.15, -0.1) is 0 Å². The first-order valence-corrected chi connectivity index (χ1v) is 5.20.